The van der Waals surface area contributed by atoms with E-state index in [9.17, 15) is 9.59 Å². The maximum Gasteiger partial charge on any atom is 0.242 e. The van der Waals surface area contributed by atoms with Crippen LogP contribution in [0.4, 0.5) is 0 Å². The number of nitrogens with zero attached hydrogens (tertiary/aromatic N) is 1. The predicted molar refractivity (Wildman–Crippen MR) is 105 cm³/mol. The number of amides is 2. The molecule has 0 spiro atoms. The Bertz CT molecular complexity index is 590. The Kier molecular flexibility index (Phi) is 7.64. The monoisotopic (exact) mass is 359 g/mol. The molecule has 1 aliphatic carbocycles. The number of nitrogens with two attached hydrogens (primary N) is 1. The predicted octanol–water partition coefficient (Wildman–Crippen LogP) is 2.52. The van der Waals surface area contributed by atoms with Gasteiger partial charge in [0.25, 0.3) is 0 Å². The van der Waals surface area contributed by atoms with E-state index in [1.165, 1.54) is 12.0 Å². The number of hydrogen-bond acceptors (Lipinski definition) is 3. The van der Waals surface area contributed by atoms with E-state index in [4.69, 9.17) is 5.73 Å². The summed E-state index contributed by atoms with van der Waals surface area (Å²) >= 11 is 0. The zero-order valence-corrected chi connectivity index (χ0v) is 16.3. The van der Waals surface area contributed by atoms with Crippen molar-refractivity contribution in [3.63, 3.8) is 0 Å². The average molecular weight is 360 g/mol. The van der Waals surface area contributed by atoms with Crippen LogP contribution in [0.5, 0.6) is 0 Å². The maximum atomic E-state index is 12.9. The molecule has 4 atom stereocenters. The van der Waals surface area contributed by atoms with Crippen LogP contribution in [0.3, 0.4) is 0 Å². The molecule has 0 saturated heterocycles. The van der Waals surface area contributed by atoms with E-state index in [-0.39, 0.29) is 36.9 Å². The zero-order chi connectivity index (χ0) is 19.1. The summed E-state index contributed by atoms with van der Waals surface area (Å²) in [5, 5.41) is 2.62. The Morgan fingerprint density at radius 2 is 1.96 bits per heavy atom. The van der Waals surface area contributed by atoms with E-state index in [1.807, 2.05) is 17.9 Å². The highest BCUT2D eigenvalue weighted by molar-refractivity contribution is 5.85. The molecule has 0 aromatic heterocycles. The fourth-order valence-corrected chi connectivity index (χ4v) is 4.35. The van der Waals surface area contributed by atoms with Gasteiger partial charge in [-0.3, -0.25) is 9.59 Å². The van der Waals surface area contributed by atoms with E-state index in [1.54, 1.807) is 0 Å². The van der Waals surface area contributed by atoms with Crippen LogP contribution in [-0.4, -0.2) is 42.4 Å². The van der Waals surface area contributed by atoms with Crippen molar-refractivity contribution in [2.45, 2.75) is 52.0 Å². The third-order valence-corrected chi connectivity index (χ3v) is 5.70. The Morgan fingerprint density at radius 3 is 2.50 bits per heavy atom. The molecule has 2 rings (SSSR count). The lowest BCUT2D eigenvalue weighted by Gasteiger charge is -2.39. The topological polar surface area (TPSA) is 75.4 Å². The molecular weight excluding hydrogens is 326 g/mol. The highest BCUT2D eigenvalue weighted by Gasteiger charge is 2.37. The lowest BCUT2D eigenvalue weighted by atomic mass is 9.82. The highest BCUT2D eigenvalue weighted by atomic mass is 16.2. The molecule has 26 heavy (non-hydrogen) atoms. The van der Waals surface area contributed by atoms with E-state index in [2.05, 4.69) is 43.4 Å². The van der Waals surface area contributed by atoms with E-state index in [0.717, 1.165) is 12.8 Å². The van der Waals surface area contributed by atoms with E-state index >= 15 is 0 Å². The second kappa shape index (κ2) is 9.72. The fraction of sp³-hybridized carbons (Fsp3) is 0.619. The van der Waals surface area contributed by atoms with Crippen molar-refractivity contribution in [2.24, 2.45) is 17.6 Å². The maximum absolute atomic E-state index is 12.9. The number of benzene rings is 1. The number of rotatable bonds is 8. The van der Waals surface area contributed by atoms with Gasteiger partial charge >= 0.3 is 0 Å². The van der Waals surface area contributed by atoms with Crippen LogP contribution in [-0.2, 0) is 9.59 Å². The Morgan fingerprint density at radius 1 is 1.27 bits per heavy atom. The standard InChI is InChI=1S/C21H33N3O2/c1-4-24(20(26)14-23-19(25)13-22)21(18-11-10-15(2)12-18)16(3)17-8-6-5-7-9-17/h5-9,15-16,18,21H,4,10-14,22H2,1-3H3,(H,23,25). The molecule has 1 saturated carbocycles. The molecule has 1 fully saturated rings. The minimum absolute atomic E-state index is 0.0180. The highest BCUT2D eigenvalue weighted by Crippen LogP contribution is 2.40. The van der Waals surface area contributed by atoms with Gasteiger partial charge in [-0.1, -0.05) is 50.6 Å². The molecule has 1 aromatic carbocycles. The first-order chi connectivity index (χ1) is 12.5. The lowest BCUT2D eigenvalue weighted by Crippen LogP contribution is -2.50. The minimum Gasteiger partial charge on any atom is -0.346 e. The van der Waals surface area contributed by atoms with Crippen LogP contribution in [0, 0.1) is 11.8 Å². The summed E-state index contributed by atoms with van der Waals surface area (Å²) in [4.78, 5) is 26.3. The van der Waals surface area contributed by atoms with Gasteiger partial charge in [0.15, 0.2) is 0 Å². The lowest BCUT2D eigenvalue weighted by molar-refractivity contribution is -0.136. The van der Waals surface area contributed by atoms with Gasteiger partial charge in [0.05, 0.1) is 13.1 Å². The Labute approximate surface area is 157 Å². The third kappa shape index (κ3) is 5.07. The first-order valence-corrected chi connectivity index (χ1v) is 9.79. The largest absolute Gasteiger partial charge is 0.346 e. The molecule has 0 bridgehead atoms. The summed E-state index contributed by atoms with van der Waals surface area (Å²) in [6.07, 6.45) is 3.53. The smallest absolute Gasteiger partial charge is 0.242 e. The third-order valence-electron chi connectivity index (χ3n) is 5.70. The number of hydrogen-bond donors (Lipinski definition) is 2. The number of carbonyl (C=O) groups is 2. The van der Waals surface area contributed by atoms with Crippen molar-refractivity contribution in [1.82, 2.24) is 10.2 Å². The van der Waals surface area contributed by atoms with Gasteiger partial charge < -0.3 is 16.0 Å². The van der Waals surface area contributed by atoms with Crippen molar-refractivity contribution in [2.75, 3.05) is 19.6 Å². The Balaban J connectivity index is 2.22. The molecule has 4 unspecified atom stereocenters. The molecule has 144 valence electrons. The molecule has 0 radical (unpaired) electrons. The summed E-state index contributed by atoms with van der Waals surface area (Å²) in [5.41, 5.74) is 6.59. The van der Waals surface area contributed by atoms with Crippen LogP contribution in [0.2, 0.25) is 0 Å². The van der Waals surface area contributed by atoms with Crippen molar-refractivity contribution < 1.29 is 9.59 Å². The van der Waals surface area contributed by atoms with Crippen molar-refractivity contribution in [3.8, 4) is 0 Å². The summed E-state index contributed by atoms with van der Waals surface area (Å²) in [7, 11) is 0. The van der Waals surface area contributed by atoms with Gasteiger partial charge in [-0.2, -0.15) is 0 Å². The molecule has 0 heterocycles. The molecule has 5 heteroatoms. The van der Waals surface area contributed by atoms with E-state index < -0.39 is 0 Å². The van der Waals surface area contributed by atoms with Crippen LogP contribution < -0.4 is 11.1 Å². The molecule has 1 aromatic rings. The number of carbonyl (C=O) groups excluding carboxylic acids is 2. The van der Waals surface area contributed by atoms with Crippen LogP contribution in [0.15, 0.2) is 30.3 Å². The zero-order valence-electron chi connectivity index (χ0n) is 16.3. The number of nitrogens with one attached hydrogen (secondary N) is 1. The second-order valence-electron chi connectivity index (χ2n) is 7.53. The van der Waals surface area contributed by atoms with Crippen LogP contribution >= 0.6 is 0 Å². The van der Waals surface area contributed by atoms with Gasteiger partial charge in [0.1, 0.15) is 0 Å². The van der Waals surface area contributed by atoms with Gasteiger partial charge in [0, 0.05) is 18.5 Å². The SMILES string of the molecule is CCN(C(=O)CNC(=O)CN)C(C1CCC(C)C1)C(C)c1ccccc1. The summed E-state index contributed by atoms with van der Waals surface area (Å²) < 4.78 is 0. The summed E-state index contributed by atoms with van der Waals surface area (Å²) in [6, 6.07) is 10.6. The molecule has 0 aliphatic heterocycles. The normalized spacial score (nSPS) is 21.8. The van der Waals surface area contributed by atoms with Gasteiger partial charge in [-0.05, 0) is 37.2 Å². The van der Waals surface area contributed by atoms with E-state index in [0.29, 0.717) is 18.4 Å². The average Bonchev–Trinajstić information content (AvgIpc) is 3.09. The number of likely N-dealkylation sites (N-methyl/N-ethyl adjacent to an activating group) is 1. The van der Waals surface area contributed by atoms with Crippen molar-refractivity contribution >= 4 is 11.8 Å². The first-order valence-electron chi connectivity index (χ1n) is 9.79. The van der Waals surface area contributed by atoms with Crippen molar-refractivity contribution in [1.29, 1.82) is 0 Å². The molecular formula is C21H33N3O2. The van der Waals surface area contributed by atoms with Crippen LogP contribution in [0.1, 0.15) is 51.5 Å². The molecule has 3 N–H and O–H groups in total. The summed E-state index contributed by atoms with van der Waals surface area (Å²) in [5.74, 6) is 1.13. The molecule has 1 aliphatic rings. The first kappa shape index (κ1) is 20.4. The minimum atomic E-state index is -0.295. The molecule has 5 nitrogen and oxygen atoms in total. The summed E-state index contributed by atoms with van der Waals surface area (Å²) in [6.45, 7) is 7.10. The second-order valence-corrected chi connectivity index (χ2v) is 7.53. The quantitative estimate of drug-likeness (QED) is 0.749. The van der Waals surface area contributed by atoms with Crippen LogP contribution in [0.25, 0.3) is 0 Å². The van der Waals surface area contributed by atoms with Gasteiger partial charge in [-0.15, -0.1) is 0 Å². The fourth-order valence-electron chi connectivity index (χ4n) is 4.35. The molecule has 2 amide bonds. The Hall–Kier alpha value is -1.88. The van der Waals surface area contributed by atoms with Crippen molar-refractivity contribution in [3.05, 3.63) is 35.9 Å². The van der Waals surface area contributed by atoms with Gasteiger partial charge in [0.2, 0.25) is 11.8 Å². The van der Waals surface area contributed by atoms with Gasteiger partial charge in [-0.25, -0.2) is 0 Å².